The highest BCUT2D eigenvalue weighted by atomic mass is 16.1. The maximum absolute atomic E-state index is 11.1. The van der Waals surface area contributed by atoms with Gasteiger partial charge in [0.15, 0.2) is 0 Å². The number of rotatable bonds is 5. The van der Waals surface area contributed by atoms with Crippen LogP contribution in [0.1, 0.15) is 32.2 Å². The quantitative estimate of drug-likeness (QED) is 0.767. The van der Waals surface area contributed by atoms with Gasteiger partial charge in [0.05, 0.1) is 16.9 Å². The second kappa shape index (κ2) is 4.65. The van der Waals surface area contributed by atoms with Crippen LogP contribution in [-0.4, -0.2) is 21.2 Å². The van der Waals surface area contributed by atoms with Crippen molar-refractivity contribution >= 4 is 5.91 Å². The van der Waals surface area contributed by atoms with Crippen molar-refractivity contribution in [2.75, 3.05) is 0 Å². The summed E-state index contributed by atoms with van der Waals surface area (Å²) in [7, 11) is 0. The first-order valence-electron chi connectivity index (χ1n) is 5.45. The van der Waals surface area contributed by atoms with E-state index < -0.39 is 5.54 Å². The van der Waals surface area contributed by atoms with Crippen molar-refractivity contribution < 1.29 is 4.79 Å². The van der Waals surface area contributed by atoms with E-state index >= 15 is 0 Å². The second-order valence-corrected chi connectivity index (χ2v) is 4.44. The monoisotopic (exact) mass is 224 g/mol. The standard InChI is InChI=1S/C11H20N4O/c1-5-15-9(6-8(2)14-15)7-13-11(3,4)10(12)16/h6,13H,5,7H2,1-4H3,(H2,12,16). The van der Waals surface area contributed by atoms with Gasteiger partial charge < -0.3 is 5.73 Å². The van der Waals surface area contributed by atoms with Gasteiger partial charge in [-0.15, -0.1) is 0 Å². The fourth-order valence-corrected chi connectivity index (χ4v) is 1.41. The van der Waals surface area contributed by atoms with Crippen LogP contribution in [0.5, 0.6) is 0 Å². The third kappa shape index (κ3) is 2.82. The van der Waals surface area contributed by atoms with Gasteiger partial charge >= 0.3 is 0 Å². The highest BCUT2D eigenvalue weighted by Gasteiger charge is 2.24. The van der Waals surface area contributed by atoms with E-state index in [9.17, 15) is 4.79 Å². The molecular weight excluding hydrogens is 204 g/mol. The van der Waals surface area contributed by atoms with Crippen molar-refractivity contribution in [2.45, 2.75) is 46.3 Å². The van der Waals surface area contributed by atoms with Crippen LogP contribution in [0.25, 0.3) is 0 Å². The number of hydrogen-bond donors (Lipinski definition) is 2. The minimum atomic E-state index is -0.698. The van der Waals surface area contributed by atoms with Gasteiger partial charge in [-0.3, -0.25) is 14.8 Å². The van der Waals surface area contributed by atoms with E-state index in [4.69, 9.17) is 5.73 Å². The van der Waals surface area contributed by atoms with E-state index in [1.807, 2.05) is 24.6 Å². The number of carbonyl (C=O) groups excluding carboxylic acids is 1. The molecule has 1 aromatic rings. The highest BCUT2D eigenvalue weighted by molar-refractivity contribution is 5.83. The van der Waals surface area contributed by atoms with Gasteiger partial charge in [0.1, 0.15) is 0 Å². The molecule has 16 heavy (non-hydrogen) atoms. The minimum absolute atomic E-state index is 0.355. The van der Waals surface area contributed by atoms with E-state index in [1.54, 1.807) is 13.8 Å². The molecule has 0 aliphatic rings. The number of aryl methyl sites for hydroxylation is 2. The molecule has 1 rings (SSSR count). The molecule has 0 aromatic carbocycles. The summed E-state index contributed by atoms with van der Waals surface area (Å²) in [5.74, 6) is -0.355. The van der Waals surface area contributed by atoms with Gasteiger partial charge in [-0.05, 0) is 33.8 Å². The molecule has 5 heteroatoms. The zero-order chi connectivity index (χ0) is 12.3. The lowest BCUT2D eigenvalue weighted by Crippen LogP contribution is -2.50. The first-order valence-corrected chi connectivity index (χ1v) is 5.45. The summed E-state index contributed by atoms with van der Waals surface area (Å²) < 4.78 is 1.92. The predicted octanol–water partition coefficient (Wildman–Crippen LogP) is 0.565. The van der Waals surface area contributed by atoms with E-state index in [-0.39, 0.29) is 5.91 Å². The number of amides is 1. The summed E-state index contributed by atoms with van der Waals surface area (Å²) in [5, 5.41) is 7.46. The van der Waals surface area contributed by atoms with Gasteiger partial charge in [0.2, 0.25) is 5.91 Å². The Morgan fingerprint density at radius 2 is 2.25 bits per heavy atom. The molecule has 1 amide bonds. The van der Waals surface area contributed by atoms with Crippen molar-refractivity contribution in [1.29, 1.82) is 0 Å². The zero-order valence-corrected chi connectivity index (χ0v) is 10.4. The second-order valence-electron chi connectivity index (χ2n) is 4.44. The van der Waals surface area contributed by atoms with Crippen molar-refractivity contribution in [1.82, 2.24) is 15.1 Å². The lowest BCUT2D eigenvalue weighted by atomic mass is 10.1. The number of nitrogens with zero attached hydrogens (tertiary/aromatic N) is 2. The van der Waals surface area contributed by atoms with Gasteiger partial charge in [-0.25, -0.2) is 0 Å². The van der Waals surface area contributed by atoms with Crippen LogP contribution in [-0.2, 0) is 17.9 Å². The fraction of sp³-hybridized carbons (Fsp3) is 0.636. The predicted molar refractivity (Wildman–Crippen MR) is 62.8 cm³/mol. The van der Waals surface area contributed by atoms with Gasteiger partial charge in [-0.2, -0.15) is 5.10 Å². The molecule has 0 saturated carbocycles. The molecule has 0 unspecified atom stereocenters. The Morgan fingerprint density at radius 1 is 1.62 bits per heavy atom. The molecular formula is C11H20N4O. The van der Waals surface area contributed by atoms with Crippen LogP contribution >= 0.6 is 0 Å². The maximum Gasteiger partial charge on any atom is 0.237 e. The maximum atomic E-state index is 11.1. The van der Waals surface area contributed by atoms with E-state index in [0.717, 1.165) is 17.9 Å². The fourth-order valence-electron chi connectivity index (χ4n) is 1.41. The number of nitrogens with two attached hydrogens (primary N) is 1. The van der Waals surface area contributed by atoms with Crippen molar-refractivity contribution in [2.24, 2.45) is 5.73 Å². The average molecular weight is 224 g/mol. The molecule has 0 aliphatic carbocycles. The van der Waals surface area contributed by atoms with Gasteiger partial charge in [-0.1, -0.05) is 0 Å². The molecule has 1 aromatic heterocycles. The Labute approximate surface area is 96.0 Å². The smallest absolute Gasteiger partial charge is 0.237 e. The van der Waals surface area contributed by atoms with Crippen molar-refractivity contribution in [3.8, 4) is 0 Å². The third-order valence-corrected chi connectivity index (χ3v) is 2.61. The summed E-state index contributed by atoms with van der Waals surface area (Å²) in [6, 6.07) is 2.01. The molecule has 0 radical (unpaired) electrons. The Hall–Kier alpha value is -1.36. The molecule has 1 heterocycles. The molecule has 0 spiro atoms. The SMILES string of the molecule is CCn1nc(C)cc1CNC(C)(C)C(N)=O. The number of hydrogen-bond acceptors (Lipinski definition) is 3. The molecule has 5 nitrogen and oxygen atoms in total. The third-order valence-electron chi connectivity index (χ3n) is 2.61. The summed E-state index contributed by atoms with van der Waals surface area (Å²) in [5.41, 5.74) is 6.63. The van der Waals surface area contributed by atoms with E-state index in [1.165, 1.54) is 0 Å². The Balaban J connectivity index is 2.71. The van der Waals surface area contributed by atoms with Crippen LogP contribution in [0.3, 0.4) is 0 Å². The molecule has 0 aliphatic heterocycles. The summed E-state index contributed by atoms with van der Waals surface area (Å²) in [4.78, 5) is 11.1. The number of aromatic nitrogens is 2. The van der Waals surface area contributed by atoms with E-state index in [0.29, 0.717) is 6.54 Å². The van der Waals surface area contributed by atoms with Crippen molar-refractivity contribution in [3.05, 3.63) is 17.5 Å². The summed E-state index contributed by atoms with van der Waals surface area (Å²) in [6.07, 6.45) is 0. The van der Waals surface area contributed by atoms with E-state index in [2.05, 4.69) is 10.4 Å². The zero-order valence-electron chi connectivity index (χ0n) is 10.4. The molecule has 90 valence electrons. The minimum Gasteiger partial charge on any atom is -0.368 e. The molecule has 0 atom stereocenters. The Morgan fingerprint density at radius 3 is 2.75 bits per heavy atom. The number of nitrogens with one attached hydrogen (secondary N) is 1. The van der Waals surface area contributed by atoms with Crippen molar-refractivity contribution in [3.63, 3.8) is 0 Å². The Kier molecular flexibility index (Phi) is 3.70. The normalized spacial score (nSPS) is 11.8. The summed E-state index contributed by atoms with van der Waals surface area (Å²) in [6.45, 7) is 8.94. The van der Waals surface area contributed by atoms with Gasteiger partial charge in [0.25, 0.3) is 0 Å². The topological polar surface area (TPSA) is 72.9 Å². The van der Waals surface area contributed by atoms with Crippen LogP contribution in [0.15, 0.2) is 6.07 Å². The average Bonchev–Trinajstić information content (AvgIpc) is 2.56. The van der Waals surface area contributed by atoms with Crippen LogP contribution in [0.2, 0.25) is 0 Å². The first-order chi connectivity index (χ1) is 7.36. The number of carbonyl (C=O) groups is 1. The molecule has 0 saturated heterocycles. The van der Waals surface area contributed by atoms with Crippen LogP contribution in [0, 0.1) is 6.92 Å². The largest absolute Gasteiger partial charge is 0.368 e. The summed E-state index contributed by atoms with van der Waals surface area (Å²) >= 11 is 0. The highest BCUT2D eigenvalue weighted by Crippen LogP contribution is 2.07. The Bertz CT molecular complexity index is 381. The van der Waals surface area contributed by atoms with Crippen LogP contribution < -0.4 is 11.1 Å². The lowest BCUT2D eigenvalue weighted by Gasteiger charge is -2.22. The molecule has 0 fully saturated rings. The molecule has 3 N–H and O–H groups in total. The van der Waals surface area contributed by atoms with Gasteiger partial charge in [0, 0.05) is 13.1 Å². The number of primary amides is 1. The lowest BCUT2D eigenvalue weighted by molar-refractivity contribution is -0.123. The molecule has 0 bridgehead atoms. The van der Waals surface area contributed by atoms with Crippen LogP contribution in [0.4, 0.5) is 0 Å². The first kappa shape index (κ1) is 12.7.